The van der Waals surface area contributed by atoms with Gasteiger partial charge in [-0.2, -0.15) is 0 Å². The number of ether oxygens (including phenoxy) is 1. The smallest absolute Gasteiger partial charge is 0.317 e. The first-order valence-electron chi connectivity index (χ1n) is 6.44. The summed E-state index contributed by atoms with van der Waals surface area (Å²) in [4.78, 5) is 16.6. The van der Waals surface area contributed by atoms with Crippen LogP contribution in [-0.4, -0.2) is 17.6 Å². The van der Waals surface area contributed by atoms with Crippen LogP contribution in [0.3, 0.4) is 0 Å². The molecule has 2 aromatic rings. The Bertz CT molecular complexity index is 647. The number of hydrogen-bond donors (Lipinski definition) is 0. The van der Waals surface area contributed by atoms with Crippen LogP contribution in [0.25, 0.3) is 10.6 Å². The van der Waals surface area contributed by atoms with Crippen molar-refractivity contribution in [2.24, 2.45) is 0 Å². The molecule has 0 aliphatic rings. The summed E-state index contributed by atoms with van der Waals surface area (Å²) in [5.41, 5.74) is 0.730. The van der Waals surface area contributed by atoms with Crippen LogP contribution in [0, 0.1) is 0 Å². The molecule has 0 saturated heterocycles. The summed E-state index contributed by atoms with van der Waals surface area (Å²) in [5.74, 6) is -0.286. The Labute approximate surface area is 137 Å². The van der Waals surface area contributed by atoms with E-state index in [1.165, 1.54) is 11.3 Å². The van der Waals surface area contributed by atoms with E-state index in [4.69, 9.17) is 27.9 Å². The van der Waals surface area contributed by atoms with E-state index in [2.05, 4.69) is 4.98 Å². The lowest BCUT2D eigenvalue weighted by molar-refractivity contribution is -0.148. The lowest BCUT2D eigenvalue weighted by atomic mass is 9.90. The molecule has 1 aromatic heterocycles. The Hall–Kier alpha value is -1.10. The molecule has 3 nitrogen and oxygen atoms in total. The monoisotopic (exact) mass is 343 g/mol. The van der Waals surface area contributed by atoms with Crippen molar-refractivity contribution < 1.29 is 9.53 Å². The molecule has 2 rings (SSSR count). The Morgan fingerprint density at radius 2 is 1.90 bits per heavy atom. The highest BCUT2D eigenvalue weighted by Crippen LogP contribution is 2.33. The fourth-order valence-corrected chi connectivity index (χ4v) is 3.29. The molecule has 0 radical (unpaired) electrons. The Balaban J connectivity index is 2.35. The molecule has 0 saturated carbocycles. The number of carbonyl (C=O) groups excluding carboxylic acids is 1. The summed E-state index contributed by atoms with van der Waals surface area (Å²) in [7, 11) is 0. The van der Waals surface area contributed by atoms with Crippen molar-refractivity contribution in [1.82, 2.24) is 4.98 Å². The number of rotatable bonds is 4. The third-order valence-electron chi connectivity index (χ3n) is 3.04. The van der Waals surface area contributed by atoms with Gasteiger partial charge in [-0.25, -0.2) is 4.98 Å². The van der Waals surface area contributed by atoms with Gasteiger partial charge in [0.2, 0.25) is 0 Å². The normalized spacial score (nSPS) is 11.5. The fourth-order valence-electron chi connectivity index (χ4n) is 1.79. The molecule has 0 unspecified atom stereocenters. The van der Waals surface area contributed by atoms with Crippen molar-refractivity contribution in [3.8, 4) is 10.6 Å². The number of thiazole rings is 1. The molecule has 1 aromatic carbocycles. The molecule has 112 valence electrons. The van der Waals surface area contributed by atoms with E-state index < -0.39 is 5.41 Å². The SMILES string of the molecule is CCOC(=O)C(C)(C)c1csc(-c2cc(Cl)cc(Cl)c2)n1. The van der Waals surface area contributed by atoms with E-state index in [1.807, 2.05) is 5.38 Å². The van der Waals surface area contributed by atoms with Crippen LogP contribution in [0.5, 0.6) is 0 Å². The highest BCUT2D eigenvalue weighted by atomic mass is 35.5. The van der Waals surface area contributed by atoms with Crippen molar-refractivity contribution in [3.63, 3.8) is 0 Å². The number of hydrogen-bond acceptors (Lipinski definition) is 4. The minimum atomic E-state index is -0.785. The van der Waals surface area contributed by atoms with Gasteiger partial charge in [-0.1, -0.05) is 23.2 Å². The summed E-state index contributed by atoms with van der Waals surface area (Å²) >= 11 is 13.5. The summed E-state index contributed by atoms with van der Waals surface area (Å²) < 4.78 is 5.10. The topological polar surface area (TPSA) is 39.2 Å². The average Bonchev–Trinajstić information content (AvgIpc) is 2.88. The molecule has 1 heterocycles. The van der Waals surface area contributed by atoms with Gasteiger partial charge < -0.3 is 4.74 Å². The van der Waals surface area contributed by atoms with E-state index in [0.29, 0.717) is 22.3 Å². The first kappa shape index (κ1) is 16.3. The van der Waals surface area contributed by atoms with E-state index in [1.54, 1.807) is 39.0 Å². The Morgan fingerprint density at radius 3 is 2.48 bits per heavy atom. The molecule has 6 heteroatoms. The highest BCUT2D eigenvalue weighted by Gasteiger charge is 2.34. The molecule has 0 atom stereocenters. The zero-order chi connectivity index (χ0) is 15.6. The highest BCUT2D eigenvalue weighted by molar-refractivity contribution is 7.13. The van der Waals surface area contributed by atoms with Crippen molar-refractivity contribution in [2.75, 3.05) is 6.61 Å². The average molecular weight is 344 g/mol. The maximum absolute atomic E-state index is 12.0. The maximum Gasteiger partial charge on any atom is 0.317 e. The maximum atomic E-state index is 12.0. The Morgan fingerprint density at radius 1 is 1.29 bits per heavy atom. The molecule has 0 N–H and O–H groups in total. The van der Waals surface area contributed by atoms with Crippen molar-refractivity contribution in [3.05, 3.63) is 39.3 Å². The summed E-state index contributed by atoms with van der Waals surface area (Å²) in [6.45, 7) is 5.74. The molecule has 0 aliphatic heterocycles. The summed E-state index contributed by atoms with van der Waals surface area (Å²) in [6.07, 6.45) is 0. The predicted molar refractivity (Wildman–Crippen MR) is 87.2 cm³/mol. The van der Waals surface area contributed by atoms with Gasteiger partial charge in [0.1, 0.15) is 10.4 Å². The number of aromatic nitrogens is 1. The molecular formula is C15H15Cl2NO2S. The third kappa shape index (κ3) is 3.57. The second kappa shape index (κ2) is 6.34. The first-order valence-corrected chi connectivity index (χ1v) is 8.08. The third-order valence-corrected chi connectivity index (χ3v) is 4.37. The first-order chi connectivity index (χ1) is 9.84. The van der Waals surface area contributed by atoms with E-state index in [9.17, 15) is 4.79 Å². The number of benzene rings is 1. The molecule has 0 amide bonds. The van der Waals surface area contributed by atoms with Crippen LogP contribution in [0.1, 0.15) is 26.5 Å². The quantitative estimate of drug-likeness (QED) is 0.736. The Kier molecular flexibility index (Phi) is 4.91. The lowest BCUT2D eigenvalue weighted by Crippen LogP contribution is -2.31. The van der Waals surface area contributed by atoms with E-state index >= 15 is 0 Å². The minimum Gasteiger partial charge on any atom is -0.465 e. The van der Waals surface area contributed by atoms with Crippen LogP contribution >= 0.6 is 34.5 Å². The molecule has 0 aliphatic carbocycles. The van der Waals surface area contributed by atoms with Gasteiger partial charge in [-0.15, -0.1) is 11.3 Å². The van der Waals surface area contributed by atoms with Gasteiger partial charge in [0.15, 0.2) is 0 Å². The molecule has 21 heavy (non-hydrogen) atoms. The second-order valence-corrected chi connectivity index (χ2v) is 6.77. The van der Waals surface area contributed by atoms with Crippen molar-refractivity contribution in [1.29, 1.82) is 0 Å². The lowest BCUT2D eigenvalue weighted by Gasteiger charge is -2.19. The van der Waals surface area contributed by atoms with Crippen LogP contribution in [0.15, 0.2) is 23.6 Å². The summed E-state index contributed by atoms with van der Waals surface area (Å²) in [6, 6.07) is 5.27. The van der Waals surface area contributed by atoms with Crippen LogP contribution < -0.4 is 0 Å². The molecule has 0 spiro atoms. The largest absolute Gasteiger partial charge is 0.465 e. The van der Waals surface area contributed by atoms with E-state index in [0.717, 1.165) is 10.6 Å². The summed E-state index contributed by atoms with van der Waals surface area (Å²) in [5, 5.41) is 3.74. The van der Waals surface area contributed by atoms with Gasteiger partial charge in [0, 0.05) is 21.0 Å². The van der Waals surface area contributed by atoms with Gasteiger partial charge in [0.05, 0.1) is 12.3 Å². The second-order valence-electron chi connectivity index (χ2n) is 5.04. The molecule has 0 fully saturated rings. The van der Waals surface area contributed by atoms with Crippen LogP contribution in [0.2, 0.25) is 10.0 Å². The zero-order valence-corrected chi connectivity index (χ0v) is 14.3. The number of carbonyl (C=O) groups is 1. The fraction of sp³-hybridized carbons (Fsp3) is 0.333. The van der Waals surface area contributed by atoms with Crippen molar-refractivity contribution in [2.45, 2.75) is 26.2 Å². The van der Waals surface area contributed by atoms with Crippen LogP contribution in [-0.2, 0) is 14.9 Å². The molecular weight excluding hydrogens is 329 g/mol. The van der Waals surface area contributed by atoms with Gasteiger partial charge in [0.25, 0.3) is 0 Å². The zero-order valence-electron chi connectivity index (χ0n) is 11.9. The number of halogens is 2. The minimum absolute atomic E-state index is 0.286. The van der Waals surface area contributed by atoms with Gasteiger partial charge >= 0.3 is 5.97 Å². The van der Waals surface area contributed by atoms with Crippen molar-refractivity contribution >= 4 is 40.5 Å². The number of nitrogens with zero attached hydrogens (tertiary/aromatic N) is 1. The van der Waals surface area contributed by atoms with E-state index in [-0.39, 0.29) is 5.97 Å². The molecule has 0 bridgehead atoms. The van der Waals surface area contributed by atoms with Crippen LogP contribution in [0.4, 0.5) is 0 Å². The van der Waals surface area contributed by atoms with Gasteiger partial charge in [-0.3, -0.25) is 4.79 Å². The standard InChI is InChI=1S/C15H15Cl2NO2S/c1-4-20-14(19)15(2,3)12-8-21-13(18-12)9-5-10(16)7-11(17)6-9/h5-8H,4H2,1-3H3. The van der Waals surface area contributed by atoms with Gasteiger partial charge in [-0.05, 0) is 39.0 Å². The predicted octanol–water partition coefficient (Wildman–Crippen LogP) is 4.96. The number of esters is 1.